The van der Waals surface area contributed by atoms with Crippen LogP contribution in [-0.4, -0.2) is 79.1 Å². The van der Waals surface area contributed by atoms with Crippen molar-refractivity contribution in [3.05, 3.63) is 12.3 Å². The number of anilines is 1. The number of carbonyl (C=O) groups excluding carboxylic acids is 1. The Morgan fingerprint density at radius 1 is 1.17 bits per heavy atom. The van der Waals surface area contributed by atoms with E-state index in [1.807, 2.05) is 0 Å². The second-order valence-electron chi connectivity index (χ2n) is 6.05. The molecule has 0 saturated heterocycles. The van der Waals surface area contributed by atoms with Gasteiger partial charge in [0.1, 0.15) is 4.90 Å². The fourth-order valence-corrected chi connectivity index (χ4v) is 3.19. The van der Waals surface area contributed by atoms with Crippen LogP contribution in [0.15, 0.2) is 17.2 Å². The number of amides is 1. The molecule has 11 nitrogen and oxygen atoms in total. The number of rotatable bonds is 16. The monoisotopic (exact) mass is 434 g/mol. The van der Waals surface area contributed by atoms with Gasteiger partial charge in [-0.05, 0) is 6.92 Å². The van der Waals surface area contributed by atoms with E-state index >= 15 is 0 Å². The Balaban J connectivity index is 2.53. The lowest BCUT2D eigenvalue weighted by atomic mass is 10.2. The number of carbonyl (C=O) groups is 1. The molecule has 29 heavy (non-hydrogen) atoms. The van der Waals surface area contributed by atoms with Gasteiger partial charge < -0.3 is 30.0 Å². The molecular weight excluding hydrogens is 404 g/mol. The second-order valence-corrected chi connectivity index (χ2v) is 7.82. The maximum Gasteiger partial charge on any atom is 0.242 e. The molecule has 12 heteroatoms. The third-order valence-corrected chi connectivity index (χ3v) is 5.02. The molecule has 0 saturated carbocycles. The van der Waals surface area contributed by atoms with E-state index in [-0.39, 0.29) is 36.3 Å². The van der Waals surface area contributed by atoms with Crippen LogP contribution in [0.4, 0.5) is 5.82 Å². The van der Waals surface area contributed by atoms with Gasteiger partial charge in [0.2, 0.25) is 15.9 Å². The van der Waals surface area contributed by atoms with Gasteiger partial charge in [-0.1, -0.05) is 0 Å². The number of pyridine rings is 1. The molecule has 1 unspecified atom stereocenters. The van der Waals surface area contributed by atoms with Gasteiger partial charge in [-0.25, -0.2) is 18.1 Å². The van der Waals surface area contributed by atoms with E-state index in [2.05, 4.69) is 15.0 Å². The summed E-state index contributed by atoms with van der Waals surface area (Å²) in [6.45, 7) is 3.79. The zero-order valence-corrected chi connectivity index (χ0v) is 17.8. The maximum atomic E-state index is 12.4. The van der Waals surface area contributed by atoms with Crippen molar-refractivity contribution in [2.45, 2.75) is 24.3 Å². The highest BCUT2D eigenvalue weighted by Crippen LogP contribution is 2.25. The highest BCUT2D eigenvalue weighted by atomic mass is 32.2. The Morgan fingerprint density at radius 3 is 2.45 bits per heavy atom. The number of nitrogens with zero attached hydrogens (tertiary/aromatic N) is 1. The quantitative estimate of drug-likeness (QED) is 0.298. The van der Waals surface area contributed by atoms with E-state index < -0.39 is 15.9 Å². The summed E-state index contributed by atoms with van der Waals surface area (Å²) in [5, 5.41) is 2.96. The number of primary amides is 1. The van der Waals surface area contributed by atoms with Crippen molar-refractivity contribution in [3.63, 3.8) is 0 Å². The zero-order valence-electron chi connectivity index (χ0n) is 17.0. The molecule has 0 bridgehead atoms. The number of ether oxygens (including phenoxy) is 4. The minimum Gasteiger partial charge on any atom is -0.493 e. The van der Waals surface area contributed by atoms with E-state index in [1.54, 1.807) is 14.0 Å². The van der Waals surface area contributed by atoms with E-state index in [4.69, 9.17) is 24.7 Å². The molecule has 0 aliphatic carbocycles. The van der Waals surface area contributed by atoms with E-state index in [1.165, 1.54) is 19.4 Å². The maximum absolute atomic E-state index is 12.4. The van der Waals surface area contributed by atoms with Crippen LogP contribution < -0.4 is 20.5 Å². The molecule has 0 aliphatic heterocycles. The average molecular weight is 435 g/mol. The molecule has 0 fully saturated rings. The Labute approximate surface area is 171 Å². The first-order chi connectivity index (χ1) is 13.8. The number of hydrogen-bond acceptors (Lipinski definition) is 9. The molecule has 1 heterocycles. The first-order valence-corrected chi connectivity index (χ1v) is 10.5. The van der Waals surface area contributed by atoms with Gasteiger partial charge in [0.25, 0.3) is 0 Å². The lowest BCUT2D eigenvalue weighted by Crippen LogP contribution is -2.28. The van der Waals surface area contributed by atoms with Gasteiger partial charge in [0.15, 0.2) is 11.6 Å². The van der Waals surface area contributed by atoms with Crippen molar-refractivity contribution in [3.8, 4) is 5.75 Å². The Morgan fingerprint density at radius 2 is 1.83 bits per heavy atom. The normalized spacial score (nSPS) is 12.5. The topological polar surface area (TPSA) is 151 Å². The number of hydrogen-bond donors (Lipinski definition) is 3. The lowest BCUT2D eigenvalue weighted by Gasteiger charge is -2.16. The van der Waals surface area contributed by atoms with Crippen LogP contribution in [0, 0.1) is 0 Å². The highest BCUT2D eigenvalue weighted by molar-refractivity contribution is 7.89. The van der Waals surface area contributed by atoms with Crippen molar-refractivity contribution >= 4 is 21.7 Å². The molecule has 1 aromatic rings. The second kappa shape index (κ2) is 13.3. The zero-order chi connectivity index (χ0) is 21.7. The molecule has 1 amide bonds. The summed E-state index contributed by atoms with van der Waals surface area (Å²) in [5.41, 5.74) is 5.16. The van der Waals surface area contributed by atoms with Gasteiger partial charge >= 0.3 is 0 Å². The minimum atomic E-state index is -3.78. The van der Waals surface area contributed by atoms with Gasteiger partial charge in [-0.2, -0.15) is 0 Å². The molecule has 1 aromatic heterocycles. The number of nitrogens with one attached hydrogen (secondary N) is 2. The van der Waals surface area contributed by atoms with Crippen LogP contribution >= 0.6 is 0 Å². The summed E-state index contributed by atoms with van der Waals surface area (Å²) < 4.78 is 47.8. The van der Waals surface area contributed by atoms with Crippen LogP contribution in [0.3, 0.4) is 0 Å². The fraction of sp³-hybridized carbons (Fsp3) is 0.647. The van der Waals surface area contributed by atoms with E-state index in [0.29, 0.717) is 32.2 Å². The standard InChI is InChI=1S/C17H30N4O7S/c1-13(10-16(18)22)21-17-15(26-3)11-14(12-19-17)29(23,24)20-4-5-27-8-9-28-7-6-25-2/h11-13,20H,4-10H2,1-3H3,(H2,18,22)(H,19,21). The summed E-state index contributed by atoms with van der Waals surface area (Å²) in [6.07, 6.45) is 1.30. The van der Waals surface area contributed by atoms with Gasteiger partial charge in [-0.3, -0.25) is 4.79 Å². The smallest absolute Gasteiger partial charge is 0.242 e. The molecule has 1 atom stereocenters. The van der Waals surface area contributed by atoms with Crippen LogP contribution in [0.25, 0.3) is 0 Å². The number of sulfonamides is 1. The summed E-state index contributed by atoms with van der Waals surface area (Å²) in [6, 6.07) is 1.06. The van der Waals surface area contributed by atoms with Gasteiger partial charge in [-0.15, -0.1) is 0 Å². The summed E-state index contributed by atoms with van der Waals surface area (Å²) in [7, 11) is -0.799. The molecule has 166 valence electrons. The first kappa shape index (κ1) is 25.0. The van der Waals surface area contributed by atoms with Crippen molar-refractivity contribution in [1.29, 1.82) is 0 Å². The molecule has 0 radical (unpaired) electrons. The van der Waals surface area contributed by atoms with Crippen molar-refractivity contribution in [2.75, 3.05) is 59.1 Å². The Kier molecular flexibility index (Phi) is 11.5. The van der Waals surface area contributed by atoms with Crippen molar-refractivity contribution in [2.24, 2.45) is 5.73 Å². The molecular formula is C17H30N4O7S. The van der Waals surface area contributed by atoms with Gasteiger partial charge in [0.05, 0.1) is 40.1 Å². The SMILES string of the molecule is COCCOCCOCCNS(=O)(=O)c1cnc(NC(C)CC(N)=O)c(OC)c1. The predicted octanol–water partition coefficient (Wildman–Crippen LogP) is -0.276. The highest BCUT2D eigenvalue weighted by Gasteiger charge is 2.18. The first-order valence-electron chi connectivity index (χ1n) is 9.03. The number of methoxy groups -OCH3 is 2. The lowest BCUT2D eigenvalue weighted by molar-refractivity contribution is -0.118. The number of nitrogens with two attached hydrogens (primary N) is 1. The summed E-state index contributed by atoms with van der Waals surface area (Å²) >= 11 is 0. The average Bonchev–Trinajstić information content (AvgIpc) is 2.66. The molecule has 1 rings (SSSR count). The Bertz CT molecular complexity index is 730. The fourth-order valence-electron chi connectivity index (χ4n) is 2.22. The Hall–Kier alpha value is -1.99. The van der Waals surface area contributed by atoms with E-state index in [0.717, 1.165) is 0 Å². The van der Waals surface area contributed by atoms with Crippen LogP contribution in [0.2, 0.25) is 0 Å². The molecule has 4 N–H and O–H groups in total. The molecule has 0 aromatic carbocycles. The van der Waals surface area contributed by atoms with Crippen molar-refractivity contribution < 1.29 is 32.2 Å². The summed E-state index contributed by atoms with van der Waals surface area (Å²) in [5.74, 6) is 0.0850. The summed E-state index contributed by atoms with van der Waals surface area (Å²) in [4.78, 5) is 15.0. The van der Waals surface area contributed by atoms with E-state index in [9.17, 15) is 13.2 Å². The third kappa shape index (κ3) is 9.85. The van der Waals surface area contributed by atoms with Crippen LogP contribution in [0.5, 0.6) is 5.75 Å². The molecule has 0 aliphatic rings. The van der Waals surface area contributed by atoms with Gasteiger partial charge in [0, 0.05) is 38.4 Å². The third-order valence-electron chi connectivity index (χ3n) is 3.59. The molecule has 0 spiro atoms. The van der Waals surface area contributed by atoms with Crippen LogP contribution in [0.1, 0.15) is 13.3 Å². The van der Waals surface area contributed by atoms with Crippen LogP contribution in [-0.2, 0) is 29.0 Å². The predicted molar refractivity (Wildman–Crippen MR) is 106 cm³/mol. The largest absolute Gasteiger partial charge is 0.493 e. The minimum absolute atomic E-state index is 0.0506. The van der Waals surface area contributed by atoms with Crippen molar-refractivity contribution in [1.82, 2.24) is 9.71 Å². The number of aromatic nitrogens is 1.